The van der Waals surface area contributed by atoms with Gasteiger partial charge in [-0.05, 0) is 44.4 Å². The van der Waals surface area contributed by atoms with Crippen LogP contribution < -0.4 is 5.32 Å². The Morgan fingerprint density at radius 1 is 1.33 bits per heavy atom. The van der Waals surface area contributed by atoms with Gasteiger partial charge in [-0.15, -0.1) is 5.10 Å². The van der Waals surface area contributed by atoms with Crippen LogP contribution in [-0.4, -0.2) is 21.1 Å². The first kappa shape index (κ1) is 14.3. The highest BCUT2D eigenvalue weighted by molar-refractivity contribution is 9.10. The lowest BCUT2D eigenvalue weighted by atomic mass is 9.94. The number of carbonyl (C=O) groups is 1. The number of benzene rings is 1. The highest BCUT2D eigenvalue weighted by Crippen LogP contribution is 2.37. The zero-order valence-electron chi connectivity index (χ0n) is 12.0. The molecule has 0 saturated heterocycles. The van der Waals surface area contributed by atoms with Crippen LogP contribution in [0.2, 0.25) is 0 Å². The quantitative estimate of drug-likeness (QED) is 0.891. The Morgan fingerprint density at radius 2 is 2.00 bits per heavy atom. The van der Waals surface area contributed by atoms with Crippen molar-refractivity contribution in [3.05, 3.63) is 46.0 Å². The van der Waals surface area contributed by atoms with Crippen molar-refractivity contribution < 1.29 is 4.79 Å². The van der Waals surface area contributed by atoms with Gasteiger partial charge in [-0.1, -0.05) is 28.1 Å². The zero-order valence-corrected chi connectivity index (χ0v) is 13.6. The van der Waals surface area contributed by atoms with Gasteiger partial charge >= 0.3 is 0 Å². The van der Waals surface area contributed by atoms with Gasteiger partial charge in [0.15, 0.2) is 0 Å². The molecule has 6 heteroatoms. The maximum absolute atomic E-state index is 12.3. The summed E-state index contributed by atoms with van der Waals surface area (Å²) >= 11 is 3.41. The molecule has 0 aliphatic heterocycles. The molecule has 5 nitrogen and oxygen atoms in total. The largest absolute Gasteiger partial charge is 0.340 e. The van der Waals surface area contributed by atoms with Crippen molar-refractivity contribution >= 4 is 21.8 Å². The summed E-state index contributed by atoms with van der Waals surface area (Å²) in [7, 11) is 0. The van der Waals surface area contributed by atoms with Crippen LogP contribution >= 0.6 is 15.9 Å². The number of halogens is 1. The molecule has 1 aliphatic rings. The average Bonchev–Trinajstić information content (AvgIpc) is 3.16. The van der Waals surface area contributed by atoms with Crippen LogP contribution in [0.5, 0.6) is 0 Å². The van der Waals surface area contributed by atoms with Crippen molar-refractivity contribution in [1.82, 2.24) is 20.5 Å². The minimum atomic E-state index is -0.488. The number of rotatable bonds is 4. The molecule has 2 N–H and O–H groups in total. The molecule has 1 saturated carbocycles. The molecule has 1 aromatic heterocycles. The standard InChI is InChI=1S/C15H17BrN4O/c1-15(2,10-5-7-11(16)8-6-10)18-14(21)13-17-12(19-20-13)9-3-4-9/h5-9H,3-4H2,1-2H3,(H,18,21)(H,17,19,20). The van der Waals surface area contributed by atoms with E-state index < -0.39 is 5.54 Å². The second-order valence-electron chi connectivity index (χ2n) is 5.90. The van der Waals surface area contributed by atoms with Crippen molar-refractivity contribution in [2.45, 2.75) is 38.1 Å². The molecule has 21 heavy (non-hydrogen) atoms. The predicted molar refractivity (Wildman–Crippen MR) is 83.0 cm³/mol. The average molecular weight is 349 g/mol. The van der Waals surface area contributed by atoms with E-state index in [-0.39, 0.29) is 11.7 Å². The second kappa shape index (κ2) is 5.26. The van der Waals surface area contributed by atoms with Gasteiger partial charge in [0, 0.05) is 10.4 Å². The molecule has 1 aromatic carbocycles. The van der Waals surface area contributed by atoms with Gasteiger partial charge in [-0.3, -0.25) is 9.89 Å². The third kappa shape index (κ3) is 3.15. The molecular weight excluding hydrogens is 332 g/mol. The monoisotopic (exact) mass is 348 g/mol. The number of aromatic amines is 1. The summed E-state index contributed by atoms with van der Waals surface area (Å²) in [6, 6.07) is 7.89. The number of nitrogens with zero attached hydrogens (tertiary/aromatic N) is 2. The summed E-state index contributed by atoms with van der Waals surface area (Å²) in [4.78, 5) is 16.6. The molecule has 110 valence electrons. The molecule has 0 radical (unpaired) electrons. The minimum absolute atomic E-state index is 0.210. The lowest BCUT2D eigenvalue weighted by Crippen LogP contribution is -2.41. The summed E-state index contributed by atoms with van der Waals surface area (Å²) < 4.78 is 1.01. The maximum atomic E-state index is 12.3. The van der Waals surface area contributed by atoms with Crippen molar-refractivity contribution in [2.24, 2.45) is 0 Å². The first-order valence-corrected chi connectivity index (χ1v) is 7.76. The number of hydrogen-bond acceptors (Lipinski definition) is 3. The highest BCUT2D eigenvalue weighted by atomic mass is 79.9. The Morgan fingerprint density at radius 3 is 2.62 bits per heavy atom. The van der Waals surface area contributed by atoms with E-state index in [1.54, 1.807) is 0 Å². The Kier molecular flexibility index (Phi) is 3.57. The van der Waals surface area contributed by atoms with Gasteiger partial charge in [-0.2, -0.15) is 0 Å². The second-order valence-corrected chi connectivity index (χ2v) is 6.82. The van der Waals surface area contributed by atoms with Gasteiger partial charge in [0.05, 0.1) is 5.54 Å². The van der Waals surface area contributed by atoms with E-state index in [9.17, 15) is 4.79 Å². The van der Waals surface area contributed by atoms with Crippen LogP contribution in [0.3, 0.4) is 0 Å². The van der Waals surface area contributed by atoms with Crippen molar-refractivity contribution in [3.8, 4) is 0 Å². The maximum Gasteiger partial charge on any atom is 0.291 e. The van der Waals surface area contributed by atoms with Crippen LogP contribution in [0, 0.1) is 0 Å². The van der Waals surface area contributed by atoms with Gasteiger partial charge in [0.2, 0.25) is 5.82 Å². The van der Waals surface area contributed by atoms with Crippen molar-refractivity contribution in [2.75, 3.05) is 0 Å². The lowest BCUT2D eigenvalue weighted by molar-refractivity contribution is 0.0901. The van der Waals surface area contributed by atoms with Gasteiger partial charge in [0.25, 0.3) is 5.91 Å². The normalized spacial score (nSPS) is 15.0. The number of H-pyrrole nitrogens is 1. The smallest absolute Gasteiger partial charge is 0.291 e. The summed E-state index contributed by atoms with van der Waals surface area (Å²) in [5.41, 5.74) is 0.537. The van der Waals surface area contributed by atoms with Gasteiger partial charge in [-0.25, -0.2) is 4.98 Å². The van der Waals surface area contributed by atoms with E-state index in [1.807, 2.05) is 38.1 Å². The summed E-state index contributed by atoms with van der Waals surface area (Å²) in [5.74, 6) is 1.23. The van der Waals surface area contributed by atoms with E-state index in [4.69, 9.17) is 0 Å². The fourth-order valence-electron chi connectivity index (χ4n) is 2.19. The number of aromatic nitrogens is 3. The van der Waals surface area contributed by atoms with Crippen molar-refractivity contribution in [1.29, 1.82) is 0 Å². The van der Waals surface area contributed by atoms with Crippen LogP contribution in [-0.2, 0) is 5.54 Å². The van der Waals surface area contributed by atoms with E-state index in [1.165, 1.54) is 0 Å². The predicted octanol–water partition coefficient (Wildman–Crippen LogP) is 3.11. The molecule has 1 aliphatic carbocycles. The van der Waals surface area contributed by atoms with Gasteiger partial charge in [0.1, 0.15) is 5.82 Å². The number of carbonyl (C=O) groups excluding carboxylic acids is 1. The Balaban J connectivity index is 1.73. The fourth-order valence-corrected chi connectivity index (χ4v) is 2.46. The Labute approximate surface area is 131 Å². The SMILES string of the molecule is CC(C)(NC(=O)c1n[nH]c(C2CC2)n1)c1ccc(Br)cc1. The molecule has 0 unspecified atom stereocenters. The first-order chi connectivity index (χ1) is 9.95. The third-order valence-corrected chi connectivity index (χ3v) is 4.19. The Hall–Kier alpha value is -1.69. The summed E-state index contributed by atoms with van der Waals surface area (Å²) in [6.45, 7) is 3.92. The molecule has 0 spiro atoms. The van der Waals surface area contributed by atoms with Gasteiger partial charge < -0.3 is 5.32 Å². The van der Waals surface area contributed by atoms with Crippen LogP contribution in [0.15, 0.2) is 28.7 Å². The van der Waals surface area contributed by atoms with Crippen LogP contribution in [0.4, 0.5) is 0 Å². The molecule has 0 bridgehead atoms. The molecule has 1 fully saturated rings. The van der Waals surface area contributed by atoms with E-state index >= 15 is 0 Å². The lowest BCUT2D eigenvalue weighted by Gasteiger charge is -2.26. The van der Waals surface area contributed by atoms with E-state index in [2.05, 4.69) is 36.4 Å². The van der Waals surface area contributed by atoms with Crippen LogP contribution in [0.1, 0.15) is 54.6 Å². The number of amides is 1. The summed E-state index contributed by atoms with van der Waals surface area (Å²) in [6.07, 6.45) is 2.25. The molecule has 0 atom stereocenters. The first-order valence-electron chi connectivity index (χ1n) is 6.96. The summed E-state index contributed by atoms with van der Waals surface area (Å²) in [5, 5.41) is 9.85. The molecule has 1 amide bonds. The number of hydrogen-bond donors (Lipinski definition) is 2. The van der Waals surface area contributed by atoms with E-state index in [0.717, 1.165) is 28.7 Å². The molecule has 2 aromatic rings. The van der Waals surface area contributed by atoms with Crippen molar-refractivity contribution in [3.63, 3.8) is 0 Å². The zero-order chi connectivity index (χ0) is 15.0. The molecular formula is C15H17BrN4O. The minimum Gasteiger partial charge on any atom is -0.340 e. The molecule has 3 rings (SSSR count). The van der Waals surface area contributed by atoms with Crippen LogP contribution in [0.25, 0.3) is 0 Å². The topological polar surface area (TPSA) is 70.7 Å². The molecule has 1 heterocycles. The number of nitrogens with one attached hydrogen (secondary N) is 2. The third-order valence-electron chi connectivity index (χ3n) is 3.66. The Bertz CT molecular complexity index is 659. The highest BCUT2D eigenvalue weighted by Gasteiger charge is 2.30. The van der Waals surface area contributed by atoms with E-state index in [0.29, 0.717) is 5.92 Å². The fraction of sp³-hybridized carbons (Fsp3) is 0.400.